The summed E-state index contributed by atoms with van der Waals surface area (Å²) in [4.78, 5) is 58.0. The Labute approximate surface area is 339 Å². The molecule has 0 aromatic heterocycles. The number of carbonyl (C=O) groups is 4. The molecule has 1 aliphatic carbocycles. The lowest BCUT2D eigenvalue weighted by atomic mass is 9.81. The van der Waals surface area contributed by atoms with E-state index in [4.69, 9.17) is 23.7 Å². The van der Waals surface area contributed by atoms with Crippen LogP contribution in [-0.4, -0.2) is 126 Å². The van der Waals surface area contributed by atoms with Crippen LogP contribution < -0.4 is 0 Å². The first kappa shape index (κ1) is 46.9. The number of piperidine rings is 1. The summed E-state index contributed by atoms with van der Waals surface area (Å²) in [6, 6.07) is -1.17. The van der Waals surface area contributed by atoms with Crippen LogP contribution in [0.4, 0.5) is 0 Å². The van der Waals surface area contributed by atoms with Gasteiger partial charge in [-0.3, -0.25) is 14.4 Å². The monoisotopic (exact) mass is 803 g/mol. The summed E-state index contributed by atoms with van der Waals surface area (Å²) in [5.41, 5.74) is 1.60. The molecule has 14 unspecified atom stereocenters. The van der Waals surface area contributed by atoms with Crippen LogP contribution >= 0.6 is 0 Å². The Bertz CT molecular complexity index is 1480. The molecule has 3 aliphatic heterocycles. The zero-order valence-electron chi connectivity index (χ0n) is 35.4. The maximum absolute atomic E-state index is 14.3. The topological polar surface area (TPSA) is 178 Å². The van der Waals surface area contributed by atoms with Crippen LogP contribution in [0.2, 0.25) is 0 Å². The lowest BCUT2D eigenvalue weighted by molar-refractivity contribution is -0.302. The predicted octanol–water partition coefficient (Wildman–Crippen LogP) is 4.64. The van der Waals surface area contributed by atoms with Crippen molar-refractivity contribution in [3.8, 4) is 0 Å². The number of aliphatic hydroxyl groups excluding tert-OH is 2. The summed E-state index contributed by atoms with van der Waals surface area (Å²) in [7, 11) is 4.63. The molecule has 4 rings (SSSR count). The number of amides is 1. The minimum atomic E-state index is -2.50. The minimum Gasteiger partial charge on any atom is -0.460 e. The fourth-order valence-corrected chi connectivity index (χ4v) is 9.40. The summed E-state index contributed by atoms with van der Waals surface area (Å²) in [6.07, 6.45) is 5.10. The molecule has 2 bridgehead atoms. The second-order valence-electron chi connectivity index (χ2n) is 17.3. The molecule has 14 atom stereocenters. The standard InChI is InChI=1S/C44H69NO12/c1-10-13-31-19-25(2)18-26(3)20-37(54-8)40-38(55-9)22-28(5)44(52,57-40)41(49)42(50)45-17-12-11-14-32(45)43(51)56-35(24-34(31)47)29(6)39(48)27(4)21-30-15-16-33(46)36(23-30)53-7/h10,19,21,26,28-33,35-40,46,48,52H,1,11-18,20,22-24H2,2-9H3. The van der Waals surface area contributed by atoms with Crippen molar-refractivity contribution in [1.29, 1.82) is 0 Å². The average molecular weight is 804 g/mol. The molecule has 3 heterocycles. The van der Waals surface area contributed by atoms with Gasteiger partial charge in [0.05, 0.1) is 30.5 Å². The zero-order valence-corrected chi connectivity index (χ0v) is 35.4. The number of carbonyl (C=O) groups excluding carboxylic acids is 4. The van der Waals surface area contributed by atoms with E-state index in [2.05, 4.69) is 6.58 Å². The molecule has 0 radical (unpaired) electrons. The summed E-state index contributed by atoms with van der Waals surface area (Å²) in [5, 5.41) is 34.0. The smallest absolute Gasteiger partial charge is 0.329 e. The molecular weight excluding hydrogens is 734 g/mol. The van der Waals surface area contributed by atoms with Crippen LogP contribution in [0.1, 0.15) is 105 Å². The Morgan fingerprint density at radius 1 is 1.00 bits per heavy atom. The number of fused-ring (bicyclic) bond motifs is 3. The van der Waals surface area contributed by atoms with Crippen LogP contribution in [0.5, 0.6) is 0 Å². The molecule has 13 heteroatoms. The highest BCUT2D eigenvalue weighted by Gasteiger charge is 2.56. The third-order valence-corrected chi connectivity index (χ3v) is 12.9. The maximum atomic E-state index is 14.3. The Balaban J connectivity index is 1.74. The van der Waals surface area contributed by atoms with Crippen molar-refractivity contribution in [2.75, 3.05) is 27.9 Å². The van der Waals surface area contributed by atoms with Gasteiger partial charge in [-0.2, -0.15) is 0 Å². The van der Waals surface area contributed by atoms with E-state index in [1.54, 1.807) is 34.0 Å². The van der Waals surface area contributed by atoms with Crippen LogP contribution in [0.15, 0.2) is 36.0 Å². The van der Waals surface area contributed by atoms with Crippen molar-refractivity contribution in [3.05, 3.63) is 36.0 Å². The first-order valence-electron chi connectivity index (χ1n) is 20.9. The van der Waals surface area contributed by atoms with Crippen LogP contribution in [0.25, 0.3) is 0 Å². The third-order valence-electron chi connectivity index (χ3n) is 12.9. The van der Waals surface area contributed by atoms with Gasteiger partial charge >= 0.3 is 5.97 Å². The second-order valence-corrected chi connectivity index (χ2v) is 17.3. The normalized spacial score (nSPS) is 38.2. The number of nitrogens with zero attached hydrogens (tertiary/aromatic N) is 1. The van der Waals surface area contributed by atoms with Gasteiger partial charge in [0.15, 0.2) is 0 Å². The molecule has 4 aliphatic rings. The maximum Gasteiger partial charge on any atom is 0.329 e. The Kier molecular flexibility index (Phi) is 17.2. The minimum absolute atomic E-state index is 0.0120. The lowest BCUT2D eigenvalue weighted by Crippen LogP contribution is -2.64. The van der Waals surface area contributed by atoms with Gasteiger partial charge in [0.2, 0.25) is 5.79 Å². The van der Waals surface area contributed by atoms with E-state index in [0.29, 0.717) is 56.9 Å². The highest BCUT2D eigenvalue weighted by molar-refractivity contribution is 6.39. The van der Waals surface area contributed by atoms with Gasteiger partial charge in [0.25, 0.3) is 11.7 Å². The fourth-order valence-electron chi connectivity index (χ4n) is 9.40. The number of cyclic esters (lactones) is 1. The van der Waals surface area contributed by atoms with E-state index >= 15 is 0 Å². The van der Waals surface area contributed by atoms with Crippen molar-refractivity contribution >= 4 is 23.4 Å². The number of ether oxygens (including phenoxy) is 5. The molecule has 0 aromatic rings. The number of rotatable bonds is 9. The van der Waals surface area contributed by atoms with Crippen LogP contribution in [0.3, 0.4) is 0 Å². The zero-order chi connectivity index (χ0) is 42.2. The number of allylic oxidation sites excluding steroid dienone is 4. The quantitative estimate of drug-likeness (QED) is 0.168. The first-order valence-corrected chi connectivity index (χ1v) is 20.9. The van der Waals surface area contributed by atoms with Crippen molar-refractivity contribution < 1.29 is 58.2 Å². The highest BCUT2D eigenvalue weighted by Crippen LogP contribution is 2.39. The summed E-state index contributed by atoms with van der Waals surface area (Å²) < 4.78 is 29.6. The van der Waals surface area contributed by atoms with Gasteiger partial charge in [-0.1, -0.05) is 44.6 Å². The molecule has 0 spiro atoms. The van der Waals surface area contributed by atoms with Crippen molar-refractivity contribution in [3.63, 3.8) is 0 Å². The van der Waals surface area contributed by atoms with Crippen molar-refractivity contribution in [2.24, 2.45) is 29.6 Å². The Hall–Kier alpha value is -2.78. The van der Waals surface area contributed by atoms with Gasteiger partial charge in [-0.25, -0.2) is 4.79 Å². The van der Waals surface area contributed by atoms with Crippen molar-refractivity contribution in [2.45, 2.75) is 160 Å². The Morgan fingerprint density at radius 3 is 2.32 bits per heavy atom. The number of methoxy groups -OCH3 is 3. The van der Waals surface area contributed by atoms with Gasteiger partial charge < -0.3 is 43.9 Å². The second kappa shape index (κ2) is 21.0. The number of Topliss-reactive ketones (excluding diaryl/α,β-unsaturated/α-hetero) is 2. The molecule has 57 heavy (non-hydrogen) atoms. The summed E-state index contributed by atoms with van der Waals surface area (Å²) in [6.45, 7) is 13.1. The first-order chi connectivity index (χ1) is 27.0. The number of esters is 1. The van der Waals surface area contributed by atoms with Crippen LogP contribution in [-0.2, 0) is 42.9 Å². The highest BCUT2D eigenvalue weighted by atomic mass is 16.7. The van der Waals surface area contributed by atoms with Gasteiger partial charge in [-0.15, -0.1) is 6.58 Å². The van der Waals surface area contributed by atoms with E-state index in [9.17, 15) is 34.5 Å². The number of aliphatic hydroxyl groups is 3. The van der Waals surface area contributed by atoms with Crippen molar-refractivity contribution in [1.82, 2.24) is 4.90 Å². The third kappa shape index (κ3) is 11.3. The van der Waals surface area contributed by atoms with Gasteiger partial charge in [0, 0.05) is 52.0 Å². The molecular formula is C44H69NO12. The number of hydrogen-bond acceptors (Lipinski definition) is 12. The average Bonchev–Trinajstić information content (AvgIpc) is 3.19. The molecule has 0 aromatic carbocycles. The summed E-state index contributed by atoms with van der Waals surface area (Å²) >= 11 is 0. The van der Waals surface area contributed by atoms with Gasteiger partial charge in [0.1, 0.15) is 24.0 Å². The molecule has 3 fully saturated rings. The molecule has 1 amide bonds. The number of ketones is 2. The molecule has 1 saturated carbocycles. The molecule has 13 nitrogen and oxygen atoms in total. The molecule has 322 valence electrons. The molecule has 3 N–H and O–H groups in total. The predicted molar refractivity (Wildman–Crippen MR) is 213 cm³/mol. The van der Waals surface area contributed by atoms with E-state index < -0.39 is 83.9 Å². The Morgan fingerprint density at radius 2 is 1.67 bits per heavy atom. The summed E-state index contributed by atoms with van der Waals surface area (Å²) in [5.74, 6) is -7.80. The van der Waals surface area contributed by atoms with Crippen LogP contribution in [0, 0.1) is 29.6 Å². The molecule has 2 saturated heterocycles. The largest absolute Gasteiger partial charge is 0.460 e. The van der Waals surface area contributed by atoms with Gasteiger partial charge in [-0.05, 0) is 95.5 Å². The van der Waals surface area contributed by atoms with E-state index in [1.165, 1.54) is 14.2 Å². The fraction of sp³-hybridized carbons (Fsp3) is 0.773. The SMILES string of the molecule is C=CCC1C=C(C)CC(C)CC(OC)C2OC(O)(C(=O)C(=O)N3CCCCC3C(=O)OC(C(C)C(O)C(C)=CC3CCC(O)C(OC)C3)CC1=O)C(C)CC2OC. The van der Waals surface area contributed by atoms with E-state index in [-0.39, 0.29) is 49.5 Å². The van der Waals surface area contributed by atoms with E-state index in [1.807, 2.05) is 26.0 Å². The lowest BCUT2D eigenvalue weighted by Gasteiger charge is -2.47. The van der Waals surface area contributed by atoms with E-state index in [0.717, 1.165) is 10.5 Å². The number of hydrogen-bond donors (Lipinski definition) is 3.